The molecular weight excluding hydrogens is 268 g/mol. The van der Waals surface area contributed by atoms with Crippen LogP contribution in [0.5, 0.6) is 0 Å². The van der Waals surface area contributed by atoms with Crippen LogP contribution in [-0.2, 0) is 4.79 Å². The minimum Gasteiger partial charge on any atom is -0.481 e. The van der Waals surface area contributed by atoms with Crippen LogP contribution in [0.4, 0.5) is 4.79 Å². The van der Waals surface area contributed by atoms with Gasteiger partial charge in [0.25, 0.3) is 0 Å². The third kappa shape index (κ3) is 3.69. The Balaban J connectivity index is 1.82. The molecule has 2 unspecified atom stereocenters. The average Bonchev–Trinajstić information content (AvgIpc) is 2.37. The largest absolute Gasteiger partial charge is 0.481 e. The first-order valence-corrected chi connectivity index (χ1v) is 8.22. The van der Waals surface area contributed by atoms with Crippen LogP contribution in [-0.4, -0.2) is 29.7 Å². The molecule has 2 rings (SSSR count). The van der Waals surface area contributed by atoms with Gasteiger partial charge in [0.15, 0.2) is 0 Å². The molecule has 0 aromatic heterocycles. The van der Waals surface area contributed by atoms with Crippen molar-refractivity contribution in [1.29, 1.82) is 0 Å². The summed E-state index contributed by atoms with van der Waals surface area (Å²) in [7, 11) is 0. The summed E-state index contributed by atoms with van der Waals surface area (Å²) in [6, 6.07) is 0.0148. The second-order valence-electron chi connectivity index (χ2n) is 7.06. The number of urea groups is 1. The summed E-state index contributed by atoms with van der Waals surface area (Å²) in [4.78, 5) is 23.3. The molecule has 21 heavy (non-hydrogen) atoms. The van der Waals surface area contributed by atoms with Crippen LogP contribution in [0.2, 0.25) is 0 Å². The van der Waals surface area contributed by atoms with E-state index in [9.17, 15) is 14.7 Å². The first-order chi connectivity index (χ1) is 9.94. The lowest BCUT2D eigenvalue weighted by atomic mass is 9.69. The molecule has 3 N–H and O–H groups in total. The van der Waals surface area contributed by atoms with E-state index in [2.05, 4.69) is 24.5 Å². The number of nitrogens with one attached hydrogen (secondary N) is 2. The highest BCUT2D eigenvalue weighted by Crippen LogP contribution is 2.40. The molecule has 2 atom stereocenters. The zero-order valence-electron chi connectivity index (χ0n) is 13.2. The molecule has 0 radical (unpaired) electrons. The van der Waals surface area contributed by atoms with Crippen molar-refractivity contribution in [2.45, 2.75) is 64.8 Å². The van der Waals surface area contributed by atoms with Crippen LogP contribution >= 0.6 is 0 Å². The molecule has 0 aromatic rings. The predicted octanol–water partition coefficient (Wildman–Crippen LogP) is 2.76. The second-order valence-corrected chi connectivity index (χ2v) is 7.06. The lowest BCUT2D eigenvalue weighted by molar-refractivity contribution is -0.153. The van der Waals surface area contributed by atoms with Crippen LogP contribution in [0.1, 0.15) is 58.8 Å². The number of aliphatic carboxylic acids is 1. The van der Waals surface area contributed by atoms with Gasteiger partial charge in [0.1, 0.15) is 0 Å². The highest BCUT2D eigenvalue weighted by molar-refractivity contribution is 5.79. The number of rotatable bonds is 5. The Morgan fingerprint density at radius 3 is 2.38 bits per heavy atom. The lowest BCUT2D eigenvalue weighted by Gasteiger charge is -2.38. The Labute approximate surface area is 126 Å². The van der Waals surface area contributed by atoms with Gasteiger partial charge in [-0.05, 0) is 37.5 Å². The van der Waals surface area contributed by atoms with E-state index in [0.717, 1.165) is 19.3 Å². The van der Waals surface area contributed by atoms with Gasteiger partial charge >= 0.3 is 12.0 Å². The molecule has 120 valence electrons. The first-order valence-electron chi connectivity index (χ1n) is 8.22. The summed E-state index contributed by atoms with van der Waals surface area (Å²) >= 11 is 0. The highest BCUT2D eigenvalue weighted by Gasteiger charge is 2.44. The van der Waals surface area contributed by atoms with Crippen molar-refractivity contribution in [1.82, 2.24) is 10.6 Å². The molecule has 0 saturated heterocycles. The van der Waals surface area contributed by atoms with Gasteiger partial charge in [-0.2, -0.15) is 0 Å². The molecule has 0 bridgehead atoms. The lowest BCUT2D eigenvalue weighted by Crippen LogP contribution is -2.53. The molecule has 5 heteroatoms. The van der Waals surface area contributed by atoms with Crippen LogP contribution < -0.4 is 10.6 Å². The Morgan fingerprint density at radius 1 is 1.19 bits per heavy atom. The van der Waals surface area contributed by atoms with E-state index in [-0.39, 0.29) is 18.6 Å². The maximum Gasteiger partial charge on any atom is 0.315 e. The van der Waals surface area contributed by atoms with E-state index in [1.54, 1.807) is 0 Å². The van der Waals surface area contributed by atoms with Gasteiger partial charge in [-0.15, -0.1) is 0 Å². The number of carboxylic acids is 1. The van der Waals surface area contributed by atoms with E-state index < -0.39 is 11.4 Å². The molecular formula is C16H28N2O3. The fraction of sp³-hybridized carbons (Fsp3) is 0.875. The Bertz CT molecular complexity index is 391. The molecule has 0 aliphatic heterocycles. The molecule has 2 fully saturated rings. The summed E-state index contributed by atoms with van der Waals surface area (Å²) < 4.78 is 0. The van der Waals surface area contributed by atoms with Crippen molar-refractivity contribution in [3.63, 3.8) is 0 Å². The van der Waals surface area contributed by atoms with Crippen molar-refractivity contribution < 1.29 is 14.7 Å². The van der Waals surface area contributed by atoms with Gasteiger partial charge in [-0.3, -0.25) is 4.79 Å². The zero-order chi connectivity index (χ0) is 15.5. The molecule has 2 amide bonds. The normalized spacial score (nSPS) is 27.8. The molecule has 0 spiro atoms. The van der Waals surface area contributed by atoms with E-state index in [0.29, 0.717) is 24.7 Å². The molecule has 2 saturated carbocycles. The van der Waals surface area contributed by atoms with Crippen LogP contribution in [0, 0.1) is 17.3 Å². The maximum atomic E-state index is 12.1. The second kappa shape index (κ2) is 6.67. The number of carbonyl (C=O) groups excluding carboxylic acids is 1. The first kappa shape index (κ1) is 16.1. The van der Waals surface area contributed by atoms with Crippen molar-refractivity contribution in [2.24, 2.45) is 17.3 Å². The topological polar surface area (TPSA) is 78.4 Å². The van der Waals surface area contributed by atoms with Crippen LogP contribution in [0.3, 0.4) is 0 Å². The summed E-state index contributed by atoms with van der Waals surface area (Å²) in [5.41, 5.74) is -0.721. The minimum absolute atomic E-state index is 0.208. The van der Waals surface area contributed by atoms with Crippen LogP contribution in [0.25, 0.3) is 0 Å². The molecule has 0 aromatic carbocycles. The minimum atomic E-state index is -0.785. The third-order valence-corrected chi connectivity index (χ3v) is 5.34. The van der Waals surface area contributed by atoms with Gasteiger partial charge in [-0.25, -0.2) is 4.79 Å². The number of hydrogen-bond donors (Lipinski definition) is 3. The molecule has 2 aliphatic carbocycles. The van der Waals surface area contributed by atoms with Gasteiger partial charge in [-0.1, -0.05) is 33.1 Å². The standard InChI is InChI=1S/C16H28N2O3/c1-11(2)12-6-3-4-7-13(12)18-15(21)17-10-16(14(19)20)8-5-9-16/h11-13H,3-10H2,1-2H3,(H,19,20)(H2,17,18,21). The Morgan fingerprint density at radius 2 is 1.86 bits per heavy atom. The number of hydrogen-bond acceptors (Lipinski definition) is 2. The Kier molecular flexibility index (Phi) is 5.12. The van der Waals surface area contributed by atoms with Gasteiger partial charge in [0.05, 0.1) is 5.41 Å². The summed E-state index contributed by atoms with van der Waals surface area (Å²) in [5, 5.41) is 15.1. The fourth-order valence-electron chi connectivity index (χ4n) is 3.68. The van der Waals surface area contributed by atoms with Crippen molar-refractivity contribution in [3.05, 3.63) is 0 Å². The smallest absolute Gasteiger partial charge is 0.315 e. The van der Waals surface area contributed by atoms with Crippen molar-refractivity contribution in [2.75, 3.05) is 6.54 Å². The van der Waals surface area contributed by atoms with Gasteiger partial charge < -0.3 is 15.7 Å². The van der Waals surface area contributed by atoms with Gasteiger partial charge in [0, 0.05) is 12.6 Å². The number of carbonyl (C=O) groups is 2. The highest BCUT2D eigenvalue weighted by atomic mass is 16.4. The number of carboxylic acid groups (broad SMARTS) is 1. The summed E-state index contributed by atoms with van der Waals surface area (Å²) in [6.07, 6.45) is 6.87. The monoisotopic (exact) mass is 296 g/mol. The van der Waals surface area contributed by atoms with E-state index in [1.807, 2.05) is 0 Å². The molecule has 0 heterocycles. The maximum absolute atomic E-state index is 12.1. The van der Waals surface area contributed by atoms with E-state index >= 15 is 0 Å². The van der Waals surface area contributed by atoms with E-state index in [4.69, 9.17) is 0 Å². The fourth-order valence-corrected chi connectivity index (χ4v) is 3.68. The summed E-state index contributed by atoms with van der Waals surface area (Å²) in [5.74, 6) is 0.306. The summed E-state index contributed by atoms with van der Waals surface area (Å²) in [6.45, 7) is 4.65. The van der Waals surface area contributed by atoms with Crippen molar-refractivity contribution >= 4 is 12.0 Å². The Hall–Kier alpha value is -1.26. The predicted molar refractivity (Wildman–Crippen MR) is 81.0 cm³/mol. The van der Waals surface area contributed by atoms with Crippen molar-refractivity contribution in [3.8, 4) is 0 Å². The van der Waals surface area contributed by atoms with E-state index in [1.165, 1.54) is 12.8 Å². The molecule has 2 aliphatic rings. The number of amides is 2. The average molecular weight is 296 g/mol. The van der Waals surface area contributed by atoms with Crippen LogP contribution in [0.15, 0.2) is 0 Å². The zero-order valence-corrected chi connectivity index (χ0v) is 13.2. The van der Waals surface area contributed by atoms with Gasteiger partial charge in [0.2, 0.25) is 0 Å². The quantitative estimate of drug-likeness (QED) is 0.730. The third-order valence-electron chi connectivity index (χ3n) is 5.34. The molecule has 5 nitrogen and oxygen atoms in total. The SMILES string of the molecule is CC(C)C1CCCCC1NC(=O)NCC1(C(=O)O)CCC1.